The summed E-state index contributed by atoms with van der Waals surface area (Å²) in [6.45, 7) is 5.22. The summed E-state index contributed by atoms with van der Waals surface area (Å²) in [6, 6.07) is 0. The van der Waals surface area contributed by atoms with Crippen LogP contribution >= 0.6 is 0 Å². The fourth-order valence-electron chi connectivity index (χ4n) is 0.775. The molecule has 60 valence electrons. The Morgan fingerprint density at radius 3 is 2.40 bits per heavy atom. The van der Waals surface area contributed by atoms with Crippen molar-refractivity contribution in [1.29, 1.82) is 0 Å². The summed E-state index contributed by atoms with van der Waals surface area (Å²) >= 11 is 0. The van der Waals surface area contributed by atoms with Gasteiger partial charge in [-0.25, -0.2) is 0 Å². The molecule has 0 aliphatic rings. The second-order valence-electron chi connectivity index (χ2n) is 2.71. The first kappa shape index (κ1) is 9.43. The maximum absolute atomic E-state index is 9.49. The number of hydrogen-bond donors (Lipinski definition) is 2. The Labute approximate surface area is 61.4 Å². The van der Waals surface area contributed by atoms with Crippen LogP contribution in [0.25, 0.3) is 0 Å². The van der Waals surface area contributed by atoms with Gasteiger partial charge in [-0.1, -0.05) is 18.5 Å². The average molecular weight is 145 g/mol. The van der Waals surface area contributed by atoms with Crippen molar-refractivity contribution in [2.75, 3.05) is 0 Å². The molecule has 0 aromatic carbocycles. The highest BCUT2D eigenvalue weighted by molar-refractivity contribution is 5.89. The molecule has 10 heavy (non-hydrogen) atoms. The van der Waals surface area contributed by atoms with Gasteiger partial charge in [-0.05, 0) is 20.3 Å². The second kappa shape index (κ2) is 3.56. The van der Waals surface area contributed by atoms with Crippen LogP contribution < -0.4 is 0 Å². The smallest absolute Gasteiger partial charge is 0.103 e. The van der Waals surface area contributed by atoms with Crippen molar-refractivity contribution in [3.8, 4) is 0 Å². The molecule has 2 N–H and O–H groups in total. The minimum absolute atomic E-state index is 0.370. The van der Waals surface area contributed by atoms with Gasteiger partial charge in [0.25, 0.3) is 0 Å². The Morgan fingerprint density at radius 1 is 1.60 bits per heavy atom. The van der Waals surface area contributed by atoms with E-state index in [-0.39, 0.29) is 0 Å². The minimum Gasteiger partial charge on any atom is -0.411 e. The molecule has 0 rings (SSSR count). The van der Waals surface area contributed by atoms with E-state index in [4.69, 9.17) is 5.21 Å². The first-order chi connectivity index (χ1) is 4.54. The molecular weight excluding hydrogens is 130 g/mol. The number of rotatable bonds is 3. The summed E-state index contributed by atoms with van der Waals surface area (Å²) in [5.74, 6) is 0. The predicted molar refractivity (Wildman–Crippen MR) is 40.4 cm³/mol. The van der Waals surface area contributed by atoms with E-state index in [2.05, 4.69) is 5.16 Å². The van der Waals surface area contributed by atoms with Gasteiger partial charge in [0.1, 0.15) is 5.60 Å². The Morgan fingerprint density at radius 2 is 2.10 bits per heavy atom. The van der Waals surface area contributed by atoms with Crippen LogP contribution in [0, 0.1) is 0 Å². The van der Waals surface area contributed by atoms with Crippen molar-refractivity contribution < 1.29 is 10.3 Å². The highest BCUT2D eigenvalue weighted by Gasteiger charge is 2.22. The topological polar surface area (TPSA) is 52.8 Å². The van der Waals surface area contributed by atoms with Gasteiger partial charge in [-0.3, -0.25) is 0 Å². The van der Waals surface area contributed by atoms with Gasteiger partial charge in [0, 0.05) is 0 Å². The van der Waals surface area contributed by atoms with E-state index in [9.17, 15) is 5.11 Å². The standard InChI is InChI=1S/C7H15NO2/c1-4-5-7(3,9)6(2)8-10/h9-10H,4-5H2,1-3H3/b8-6+/t7-/m0/s1. The number of hydrogen-bond acceptors (Lipinski definition) is 3. The quantitative estimate of drug-likeness (QED) is 0.358. The maximum atomic E-state index is 9.49. The zero-order chi connectivity index (χ0) is 8.20. The van der Waals surface area contributed by atoms with Gasteiger partial charge in [0.2, 0.25) is 0 Å². The third-order valence-corrected chi connectivity index (χ3v) is 1.67. The van der Waals surface area contributed by atoms with Crippen molar-refractivity contribution in [3.63, 3.8) is 0 Å². The van der Waals surface area contributed by atoms with E-state index in [1.54, 1.807) is 13.8 Å². The molecule has 0 aliphatic carbocycles. The molecule has 0 aromatic heterocycles. The lowest BCUT2D eigenvalue weighted by molar-refractivity contribution is 0.116. The van der Waals surface area contributed by atoms with Crippen molar-refractivity contribution in [2.45, 2.75) is 39.2 Å². The van der Waals surface area contributed by atoms with Gasteiger partial charge in [0.05, 0.1) is 5.71 Å². The molecule has 0 spiro atoms. The Hall–Kier alpha value is -0.570. The van der Waals surface area contributed by atoms with Gasteiger partial charge >= 0.3 is 0 Å². The van der Waals surface area contributed by atoms with Crippen LogP contribution in [-0.4, -0.2) is 21.6 Å². The van der Waals surface area contributed by atoms with Crippen LogP contribution in [0.5, 0.6) is 0 Å². The van der Waals surface area contributed by atoms with Gasteiger partial charge < -0.3 is 10.3 Å². The third-order valence-electron chi connectivity index (χ3n) is 1.67. The molecule has 0 aromatic rings. The van der Waals surface area contributed by atoms with Gasteiger partial charge in [-0.15, -0.1) is 0 Å². The highest BCUT2D eigenvalue weighted by Crippen LogP contribution is 2.13. The molecule has 0 aliphatic heterocycles. The number of oxime groups is 1. The van der Waals surface area contributed by atoms with Crippen LogP contribution in [0.4, 0.5) is 0 Å². The van der Waals surface area contributed by atoms with Crippen LogP contribution in [0.1, 0.15) is 33.6 Å². The molecule has 0 amide bonds. The summed E-state index contributed by atoms with van der Waals surface area (Å²) in [6.07, 6.45) is 1.50. The molecule has 0 saturated heterocycles. The van der Waals surface area contributed by atoms with Crippen LogP contribution in [0.15, 0.2) is 5.16 Å². The Kier molecular flexibility index (Phi) is 3.36. The number of aliphatic hydroxyl groups is 1. The lowest BCUT2D eigenvalue weighted by Gasteiger charge is -2.20. The van der Waals surface area contributed by atoms with Crippen LogP contribution in [0.3, 0.4) is 0 Å². The maximum Gasteiger partial charge on any atom is 0.103 e. The van der Waals surface area contributed by atoms with Crippen molar-refractivity contribution in [2.24, 2.45) is 5.16 Å². The fraction of sp³-hybridized carbons (Fsp3) is 0.857. The van der Waals surface area contributed by atoms with E-state index in [1.165, 1.54) is 0 Å². The molecule has 0 heterocycles. The zero-order valence-corrected chi connectivity index (χ0v) is 6.76. The zero-order valence-electron chi connectivity index (χ0n) is 6.76. The molecule has 0 unspecified atom stereocenters. The molecule has 1 atom stereocenters. The van der Waals surface area contributed by atoms with Crippen LogP contribution in [0.2, 0.25) is 0 Å². The van der Waals surface area contributed by atoms with Crippen LogP contribution in [-0.2, 0) is 0 Å². The summed E-state index contributed by atoms with van der Waals surface area (Å²) in [5.41, 5.74) is -0.571. The Bertz CT molecular complexity index is 130. The summed E-state index contributed by atoms with van der Waals surface area (Å²) in [5, 5.41) is 20.8. The normalized spacial score (nSPS) is 18.6. The highest BCUT2D eigenvalue weighted by atomic mass is 16.4. The lowest BCUT2D eigenvalue weighted by Crippen LogP contribution is -2.32. The van der Waals surface area contributed by atoms with E-state index >= 15 is 0 Å². The average Bonchev–Trinajstić information content (AvgIpc) is 1.86. The second-order valence-corrected chi connectivity index (χ2v) is 2.71. The third kappa shape index (κ3) is 2.35. The molecule has 3 heteroatoms. The van der Waals surface area contributed by atoms with Gasteiger partial charge in [-0.2, -0.15) is 0 Å². The summed E-state index contributed by atoms with van der Waals surface area (Å²) in [4.78, 5) is 0. The van der Waals surface area contributed by atoms with Gasteiger partial charge in [0.15, 0.2) is 0 Å². The largest absolute Gasteiger partial charge is 0.411 e. The van der Waals surface area contributed by atoms with E-state index in [1.807, 2.05) is 6.92 Å². The predicted octanol–water partition coefficient (Wildman–Crippen LogP) is 1.39. The fourth-order valence-corrected chi connectivity index (χ4v) is 0.775. The number of nitrogens with zero attached hydrogens (tertiary/aromatic N) is 1. The SMILES string of the molecule is CCC[C@](C)(O)/C(C)=N/O. The minimum atomic E-state index is -0.941. The van der Waals surface area contributed by atoms with E-state index in [0.717, 1.165) is 6.42 Å². The van der Waals surface area contributed by atoms with Crippen molar-refractivity contribution in [3.05, 3.63) is 0 Å². The molecule has 0 radical (unpaired) electrons. The summed E-state index contributed by atoms with van der Waals surface area (Å²) in [7, 11) is 0. The van der Waals surface area contributed by atoms with E-state index < -0.39 is 5.60 Å². The monoisotopic (exact) mass is 145 g/mol. The molecular formula is C7H15NO2. The summed E-state index contributed by atoms with van der Waals surface area (Å²) < 4.78 is 0. The van der Waals surface area contributed by atoms with Crippen molar-refractivity contribution >= 4 is 5.71 Å². The molecule has 3 nitrogen and oxygen atoms in total. The first-order valence-corrected chi connectivity index (χ1v) is 3.46. The molecule has 0 bridgehead atoms. The first-order valence-electron chi connectivity index (χ1n) is 3.46. The van der Waals surface area contributed by atoms with Crippen molar-refractivity contribution in [1.82, 2.24) is 0 Å². The lowest BCUT2D eigenvalue weighted by atomic mass is 9.96. The molecule has 0 saturated carbocycles. The Balaban J connectivity index is 4.10. The van der Waals surface area contributed by atoms with E-state index in [0.29, 0.717) is 12.1 Å². The molecule has 0 fully saturated rings.